The molecule has 5 heteroatoms. The van der Waals surface area contributed by atoms with Crippen LogP contribution >= 0.6 is 23.5 Å². The second-order valence-corrected chi connectivity index (χ2v) is 7.05. The molecular formula is C12H24N2OS2. The van der Waals surface area contributed by atoms with Gasteiger partial charge in [0.15, 0.2) is 0 Å². The molecular weight excluding hydrogens is 252 g/mol. The Morgan fingerprint density at radius 2 is 2.29 bits per heavy atom. The molecule has 0 radical (unpaired) electrons. The second-order valence-electron chi connectivity index (χ2n) is 4.48. The van der Waals surface area contributed by atoms with Crippen LogP contribution in [0.4, 0.5) is 0 Å². The van der Waals surface area contributed by atoms with Gasteiger partial charge in [0.05, 0.1) is 6.04 Å². The summed E-state index contributed by atoms with van der Waals surface area (Å²) < 4.78 is 0. The quantitative estimate of drug-likeness (QED) is 0.745. The summed E-state index contributed by atoms with van der Waals surface area (Å²) in [5.74, 6) is 2.15. The smallest absolute Gasteiger partial charge is 0.237 e. The van der Waals surface area contributed by atoms with Gasteiger partial charge in [0.2, 0.25) is 5.91 Å². The maximum Gasteiger partial charge on any atom is 0.237 e. The van der Waals surface area contributed by atoms with Crippen LogP contribution in [0.1, 0.15) is 32.6 Å². The summed E-state index contributed by atoms with van der Waals surface area (Å²) in [6.45, 7) is 2.19. The van der Waals surface area contributed by atoms with Gasteiger partial charge in [-0.05, 0) is 43.4 Å². The lowest BCUT2D eigenvalue weighted by molar-refractivity contribution is -0.123. The maximum atomic E-state index is 11.8. The van der Waals surface area contributed by atoms with Crippen molar-refractivity contribution in [1.82, 2.24) is 5.32 Å². The monoisotopic (exact) mass is 276 g/mol. The largest absolute Gasteiger partial charge is 0.352 e. The molecule has 0 aromatic rings. The Labute approximate surface area is 113 Å². The lowest BCUT2D eigenvalue weighted by Crippen LogP contribution is -2.44. The number of carbonyl (C=O) groups excluding carboxylic acids is 1. The van der Waals surface area contributed by atoms with Gasteiger partial charge in [0, 0.05) is 11.3 Å². The van der Waals surface area contributed by atoms with Crippen molar-refractivity contribution in [3.63, 3.8) is 0 Å². The van der Waals surface area contributed by atoms with E-state index in [1.165, 1.54) is 12.2 Å². The van der Waals surface area contributed by atoms with Gasteiger partial charge in [-0.2, -0.15) is 23.5 Å². The molecule has 3 N–H and O–H groups in total. The lowest BCUT2D eigenvalue weighted by Gasteiger charge is -2.16. The molecule has 0 aliphatic heterocycles. The molecule has 3 nitrogen and oxygen atoms in total. The van der Waals surface area contributed by atoms with Crippen molar-refractivity contribution < 1.29 is 4.79 Å². The van der Waals surface area contributed by atoms with Crippen molar-refractivity contribution in [2.45, 2.75) is 49.9 Å². The third-order valence-corrected chi connectivity index (χ3v) is 4.98. The van der Waals surface area contributed by atoms with Crippen LogP contribution in [0.2, 0.25) is 0 Å². The van der Waals surface area contributed by atoms with Crippen molar-refractivity contribution in [2.24, 2.45) is 5.73 Å². The minimum absolute atomic E-state index is 0.0335. The molecule has 3 atom stereocenters. The number of nitrogens with two attached hydrogens (primary N) is 1. The summed E-state index contributed by atoms with van der Waals surface area (Å²) in [7, 11) is 0. The third-order valence-electron chi connectivity index (χ3n) is 3.10. The Bertz CT molecular complexity index is 239. The van der Waals surface area contributed by atoms with E-state index in [4.69, 9.17) is 5.73 Å². The van der Waals surface area contributed by atoms with Crippen molar-refractivity contribution in [2.75, 3.05) is 17.8 Å². The molecule has 1 saturated carbocycles. The highest BCUT2D eigenvalue weighted by Gasteiger charge is 2.26. The summed E-state index contributed by atoms with van der Waals surface area (Å²) in [6, 6.07) is 0.0206. The van der Waals surface area contributed by atoms with Gasteiger partial charge in [0.1, 0.15) is 0 Å². The fourth-order valence-corrected chi connectivity index (χ4v) is 3.77. The van der Waals surface area contributed by atoms with Gasteiger partial charge in [-0.1, -0.05) is 6.92 Å². The van der Waals surface area contributed by atoms with Crippen LogP contribution in [0.5, 0.6) is 0 Å². The first kappa shape index (κ1) is 15.2. The summed E-state index contributed by atoms with van der Waals surface area (Å²) in [4.78, 5) is 11.8. The van der Waals surface area contributed by atoms with Crippen molar-refractivity contribution in [1.29, 1.82) is 0 Å². The number of rotatable bonds is 7. The highest BCUT2D eigenvalue weighted by Crippen LogP contribution is 2.29. The molecule has 0 saturated heterocycles. The molecule has 0 heterocycles. The molecule has 1 aliphatic carbocycles. The molecule has 2 unspecified atom stereocenters. The van der Waals surface area contributed by atoms with E-state index in [9.17, 15) is 4.79 Å². The predicted octanol–water partition coefficient (Wildman–Crippen LogP) is 1.86. The molecule has 1 aliphatic rings. The molecule has 0 aromatic heterocycles. The first-order chi connectivity index (χ1) is 8.17. The van der Waals surface area contributed by atoms with Crippen molar-refractivity contribution >= 4 is 29.4 Å². The zero-order valence-corrected chi connectivity index (χ0v) is 12.4. The van der Waals surface area contributed by atoms with Crippen LogP contribution < -0.4 is 11.1 Å². The molecule has 0 aromatic carbocycles. The number of nitrogens with one attached hydrogen (secondary N) is 1. The summed E-state index contributed by atoms with van der Waals surface area (Å²) >= 11 is 3.74. The van der Waals surface area contributed by atoms with Gasteiger partial charge in [-0.25, -0.2) is 0 Å². The first-order valence-electron chi connectivity index (χ1n) is 6.33. The lowest BCUT2D eigenvalue weighted by atomic mass is 10.2. The van der Waals surface area contributed by atoms with E-state index in [1.807, 2.05) is 18.0 Å². The molecule has 0 spiro atoms. The number of carbonyl (C=O) groups is 1. The average Bonchev–Trinajstić information content (AvgIpc) is 2.74. The van der Waals surface area contributed by atoms with Crippen LogP contribution in [0, 0.1) is 0 Å². The number of hydrogen-bond donors (Lipinski definition) is 2. The van der Waals surface area contributed by atoms with E-state index in [2.05, 4.69) is 12.2 Å². The Balaban J connectivity index is 2.23. The first-order valence-corrected chi connectivity index (χ1v) is 8.78. The van der Waals surface area contributed by atoms with E-state index in [0.29, 0.717) is 6.04 Å². The molecule has 100 valence electrons. The standard InChI is InChI=1S/C12H24N2OS2/c1-3-17-10-5-4-9(8-10)14-12(15)11(13)6-7-16-2/h9-11H,3-8,13H2,1-2H3,(H,14,15)/t9?,10?,11-/m1/s1. The number of amides is 1. The highest BCUT2D eigenvalue weighted by atomic mass is 32.2. The summed E-state index contributed by atoms with van der Waals surface area (Å²) in [5, 5.41) is 3.82. The van der Waals surface area contributed by atoms with Gasteiger partial charge in [0.25, 0.3) is 0 Å². The molecule has 17 heavy (non-hydrogen) atoms. The van der Waals surface area contributed by atoms with Crippen LogP contribution in [-0.2, 0) is 4.79 Å². The van der Waals surface area contributed by atoms with Crippen LogP contribution in [0.3, 0.4) is 0 Å². The summed E-state index contributed by atoms with van der Waals surface area (Å²) in [5.41, 5.74) is 5.84. The number of hydrogen-bond acceptors (Lipinski definition) is 4. The minimum Gasteiger partial charge on any atom is -0.352 e. The van der Waals surface area contributed by atoms with Crippen molar-refractivity contribution in [3.05, 3.63) is 0 Å². The summed E-state index contributed by atoms with van der Waals surface area (Å²) in [6.07, 6.45) is 6.25. The Morgan fingerprint density at radius 1 is 1.53 bits per heavy atom. The normalized spacial score (nSPS) is 25.8. The van der Waals surface area contributed by atoms with E-state index in [1.54, 1.807) is 11.8 Å². The van der Waals surface area contributed by atoms with Gasteiger partial charge >= 0.3 is 0 Å². The topological polar surface area (TPSA) is 55.1 Å². The van der Waals surface area contributed by atoms with Gasteiger partial charge in [-0.15, -0.1) is 0 Å². The Kier molecular flexibility index (Phi) is 7.39. The maximum absolute atomic E-state index is 11.8. The van der Waals surface area contributed by atoms with Crippen molar-refractivity contribution in [3.8, 4) is 0 Å². The Morgan fingerprint density at radius 3 is 2.94 bits per heavy atom. The molecule has 1 rings (SSSR count). The number of thioether (sulfide) groups is 2. The minimum atomic E-state index is -0.333. The molecule has 0 bridgehead atoms. The van der Waals surface area contributed by atoms with Gasteiger partial charge < -0.3 is 11.1 Å². The van der Waals surface area contributed by atoms with E-state index >= 15 is 0 Å². The zero-order chi connectivity index (χ0) is 12.7. The third kappa shape index (κ3) is 5.53. The fourth-order valence-electron chi connectivity index (χ4n) is 2.14. The van der Waals surface area contributed by atoms with Gasteiger partial charge in [-0.3, -0.25) is 4.79 Å². The molecule has 1 amide bonds. The second kappa shape index (κ2) is 8.27. The van der Waals surface area contributed by atoms with Crippen LogP contribution in [0.25, 0.3) is 0 Å². The fraction of sp³-hybridized carbons (Fsp3) is 0.917. The van der Waals surface area contributed by atoms with E-state index in [0.717, 1.165) is 30.3 Å². The Hall–Kier alpha value is 0.130. The van der Waals surface area contributed by atoms with Crippen LogP contribution in [-0.4, -0.2) is 41.0 Å². The SMILES string of the molecule is CCSC1CCC(NC(=O)[C@H](N)CCSC)C1. The average molecular weight is 276 g/mol. The highest BCUT2D eigenvalue weighted by molar-refractivity contribution is 7.99. The predicted molar refractivity (Wildman–Crippen MR) is 78.7 cm³/mol. The van der Waals surface area contributed by atoms with Crippen LogP contribution in [0.15, 0.2) is 0 Å². The van der Waals surface area contributed by atoms with E-state index in [-0.39, 0.29) is 11.9 Å². The molecule has 1 fully saturated rings. The zero-order valence-electron chi connectivity index (χ0n) is 10.8. The van der Waals surface area contributed by atoms with E-state index < -0.39 is 0 Å².